The molecule has 0 saturated carbocycles. The molecule has 0 aliphatic carbocycles. The van der Waals surface area contributed by atoms with Gasteiger partial charge in [0.1, 0.15) is 0 Å². The van der Waals surface area contributed by atoms with E-state index in [2.05, 4.69) is 26.6 Å². The van der Waals surface area contributed by atoms with Crippen molar-refractivity contribution in [3.63, 3.8) is 0 Å². The molecule has 0 fully saturated rings. The molecule has 0 spiro atoms. The van der Waals surface area contributed by atoms with Gasteiger partial charge in [-0.3, -0.25) is 9.69 Å². The van der Waals surface area contributed by atoms with E-state index in [1.807, 2.05) is 6.92 Å². The molecule has 0 radical (unpaired) electrons. The Kier molecular flexibility index (Phi) is 5.29. The number of hydrogen-bond donors (Lipinski definition) is 3. The maximum absolute atomic E-state index is 13.0. The number of para-hydroxylation sites is 1. The van der Waals surface area contributed by atoms with E-state index in [-0.39, 0.29) is 0 Å². The summed E-state index contributed by atoms with van der Waals surface area (Å²) in [6.07, 6.45) is 1.69. The van der Waals surface area contributed by atoms with Crippen molar-refractivity contribution in [3.8, 4) is 0 Å². The number of carbonyl (C=O) groups is 2. The van der Waals surface area contributed by atoms with Crippen LogP contribution in [0.25, 0.3) is 0 Å². The first kappa shape index (κ1) is 18.4. The first-order valence-corrected chi connectivity index (χ1v) is 9.24. The molecule has 0 aromatic heterocycles. The second-order valence-electron chi connectivity index (χ2n) is 6.07. The highest BCUT2D eigenvalue weighted by atomic mass is 79.9. The van der Waals surface area contributed by atoms with Gasteiger partial charge in [0.25, 0.3) is 11.6 Å². The third kappa shape index (κ3) is 3.20. The number of amides is 3. The summed E-state index contributed by atoms with van der Waals surface area (Å²) in [4.78, 5) is 26.8. The van der Waals surface area contributed by atoms with Crippen LogP contribution < -0.4 is 15.5 Å². The van der Waals surface area contributed by atoms with Crippen LogP contribution in [0.3, 0.4) is 0 Å². The van der Waals surface area contributed by atoms with E-state index in [9.17, 15) is 14.7 Å². The van der Waals surface area contributed by atoms with Crippen LogP contribution in [-0.2, 0) is 10.5 Å². The minimum Gasteiger partial charge on any atom is -0.359 e. The lowest BCUT2D eigenvalue weighted by Gasteiger charge is -2.42. The van der Waals surface area contributed by atoms with E-state index in [1.54, 1.807) is 48.5 Å². The van der Waals surface area contributed by atoms with Crippen LogP contribution in [0.4, 0.5) is 16.2 Å². The molecule has 136 valence electrons. The van der Waals surface area contributed by atoms with E-state index < -0.39 is 17.7 Å². The molecule has 7 heteroatoms. The van der Waals surface area contributed by atoms with Crippen LogP contribution in [0.15, 0.2) is 53.0 Å². The number of halogens is 1. The lowest BCUT2D eigenvalue weighted by atomic mass is 9.94. The number of anilines is 2. The normalized spacial score (nSPS) is 18.9. The van der Waals surface area contributed by atoms with E-state index in [1.165, 1.54) is 0 Å². The molecule has 1 heterocycles. The molecule has 3 amide bonds. The lowest BCUT2D eigenvalue weighted by molar-refractivity contribution is -0.140. The molecule has 3 N–H and O–H groups in total. The van der Waals surface area contributed by atoms with Gasteiger partial charge < -0.3 is 15.7 Å². The summed E-state index contributed by atoms with van der Waals surface area (Å²) in [7, 11) is 0. The maximum atomic E-state index is 13.0. The molecule has 6 nitrogen and oxygen atoms in total. The molecule has 26 heavy (non-hydrogen) atoms. The van der Waals surface area contributed by atoms with Crippen LogP contribution in [0, 0.1) is 0 Å². The minimum absolute atomic E-state index is 0.310. The summed E-state index contributed by atoms with van der Waals surface area (Å²) in [6, 6.07) is 13.1. The van der Waals surface area contributed by atoms with Gasteiger partial charge in [0.05, 0.1) is 5.69 Å². The summed E-state index contributed by atoms with van der Waals surface area (Å²) in [5, 5.41) is 17.0. The van der Waals surface area contributed by atoms with Gasteiger partial charge in [-0.2, -0.15) is 0 Å². The monoisotopic (exact) mass is 417 g/mol. The van der Waals surface area contributed by atoms with Gasteiger partial charge >= 0.3 is 6.03 Å². The predicted molar refractivity (Wildman–Crippen MR) is 104 cm³/mol. The van der Waals surface area contributed by atoms with Gasteiger partial charge in [-0.15, -0.1) is 0 Å². The molecule has 1 atom stereocenters. The highest BCUT2D eigenvalue weighted by Gasteiger charge is 2.51. The molecular formula is C19H20BrN3O3. The Bertz CT molecular complexity index is 828. The van der Waals surface area contributed by atoms with Crippen molar-refractivity contribution in [3.05, 3.63) is 58.6 Å². The summed E-state index contributed by atoms with van der Waals surface area (Å²) >= 11 is 3.37. The second-order valence-corrected chi connectivity index (χ2v) is 6.99. The molecular weight excluding hydrogens is 398 g/mol. The highest BCUT2D eigenvalue weighted by molar-refractivity contribution is 9.10. The topological polar surface area (TPSA) is 81.7 Å². The number of rotatable bonds is 5. The highest BCUT2D eigenvalue weighted by Crippen LogP contribution is 2.40. The van der Waals surface area contributed by atoms with Crippen molar-refractivity contribution < 1.29 is 14.7 Å². The molecule has 1 aliphatic rings. The van der Waals surface area contributed by atoms with Crippen LogP contribution in [-0.4, -0.2) is 23.6 Å². The lowest BCUT2D eigenvalue weighted by Crippen LogP contribution is -2.62. The molecule has 1 aliphatic heterocycles. The number of benzene rings is 2. The Morgan fingerprint density at radius 2 is 2.00 bits per heavy atom. The Morgan fingerprint density at radius 3 is 2.69 bits per heavy atom. The van der Waals surface area contributed by atoms with Crippen LogP contribution in [0.1, 0.15) is 25.3 Å². The number of carbonyl (C=O) groups excluding carboxylic acids is 2. The number of urea groups is 1. The molecule has 0 saturated heterocycles. The Labute approximate surface area is 160 Å². The fraction of sp³-hybridized carbons (Fsp3) is 0.263. The Balaban J connectivity index is 2.13. The number of nitrogens with one attached hydrogen (secondary N) is 2. The number of nitrogens with zero attached hydrogens (tertiary/aromatic N) is 1. The average molecular weight is 418 g/mol. The fourth-order valence-corrected chi connectivity index (χ4v) is 3.32. The smallest absolute Gasteiger partial charge is 0.329 e. The molecule has 3 rings (SSSR count). The van der Waals surface area contributed by atoms with Gasteiger partial charge in [-0.05, 0) is 36.8 Å². The van der Waals surface area contributed by atoms with Gasteiger partial charge in [-0.1, -0.05) is 47.5 Å². The molecule has 0 bridgehead atoms. The zero-order chi connectivity index (χ0) is 18.7. The molecule has 2 aromatic rings. The fourth-order valence-electron chi connectivity index (χ4n) is 2.96. The average Bonchev–Trinajstić information content (AvgIpc) is 2.63. The minimum atomic E-state index is -2.16. The number of aliphatic hydroxyl groups is 1. The van der Waals surface area contributed by atoms with Crippen molar-refractivity contribution in [1.82, 2.24) is 5.32 Å². The second kappa shape index (κ2) is 7.47. The number of hydrogen-bond acceptors (Lipinski definition) is 3. The molecule has 2 aromatic carbocycles. The van der Waals surface area contributed by atoms with E-state index in [0.717, 1.165) is 17.7 Å². The SMILES string of the molecule is CCCCNC(=O)[C@]1(O)c2cc(Br)ccc2NC(=O)N1c1ccccc1. The van der Waals surface area contributed by atoms with Crippen LogP contribution in [0.5, 0.6) is 0 Å². The zero-order valence-electron chi connectivity index (χ0n) is 14.3. The third-order valence-electron chi connectivity index (χ3n) is 4.27. The number of fused-ring (bicyclic) bond motifs is 1. The van der Waals surface area contributed by atoms with Crippen LogP contribution in [0.2, 0.25) is 0 Å². The summed E-state index contributed by atoms with van der Waals surface area (Å²) in [6.45, 7) is 2.43. The summed E-state index contributed by atoms with van der Waals surface area (Å²) in [5.41, 5.74) is -1.03. The first-order valence-electron chi connectivity index (χ1n) is 8.45. The van der Waals surface area contributed by atoms with Crippen molar-refractivity contribution in [2.24, 2.45) is 0 Å². The van der Waals surface area contributed by atoms with Gasteiger partial charge in [0, 0.05) is 22.3 Å². The van der Waals surface area contributed by atoms with Gasteiger partial charge in [-0.25, -0.2) is 4.79 Å². The van der Waals surface area contributed by atoms with E-state index in [4.69, 9.17) is 0 Å². The Hall–Kier alpha value is -2.38. The summed E-state index contributed by atoms with van der Waals surface area (Å²) in [5.74, 6) is -0.635. The summed E-state index contributed by atoms with van der Waals surface area (Å²) < 4.78 is 0.695. The van der Waals surface area contributed by atoms with Crippen molar-refractivity contribution in [2.75, 3.05) is 16.8 Å². The van der Waals surface area contributed by atoms with Crippen molar-refractivity contribution in [2.45, 2.75) is 25.5 Å². The predicted octanol–water partition coefficient (Wildman–Crippen LogP) is 3.56. The third-order valence-corrected chi connectivity index (χ3v) is 4.77. The van der Waals surface area contributed by atoms with E-state index >= 15 is 0 Å². The standard InChI is InChI=1S/C19H20BrN3O3/c1-2-3-11-21-17(24)19(26)15-12-13(20)9-10-16(15)22-18(25)23(19)14-7-5-4-6-8-14/h4-10,12,26H,2-3,11H2,1H3,(H,21,24)(H,22,25)/t19-/m1/s1. The first-order chi connectivity index (χ1) is 12.5. The van der Waals surface area contributed by atoms with Gasteiger partial charge in [0.2, 0.25) is 0 Å². The Morgan fingerprint density at radius 1 is 1.27 bits per heavy atom. The maximum Gasteiger partial charge on any atom is 0.329 e. The van der Waals surface area contributed by atoms with E-state index in [0.29, 0.717) is 28.0 Å². The zero-order valence-corrected chi connectivity index (χ0v) is 15.9. The number of unbranched alkanes of at least 4 members (excludes halogenated alkanes) is 1. The largest absolute Gasteiger partial charge is 0.359 e. The van der Waals surface area contributed by atoms with Gasteiger partial charge in [0.15, 0.2) is 0 Å². The molecule has 0 unspecified atom stereocenters. The van der Waals surface area contributed by atoms with Crippen molar-refractivity contribution >= 4 is 39.2 Å². The quantitative estimate of drug-likeness (QED) is 0.650. The van der Waals surface area contributed by atoms with Crippen LogP contribution >= 0.6 is 15.9 Å². The van der Waals surface area contributed by atoms with Crippen molar-refractivity contribution in [1.29, 1.82) is 0 Å².